The van der Waals surface area contributed by atoms with Crippen molar-refractivity contribution >= 4 is 11.8 Å². The highest BCUT2D eigenvalue weighted by Gasteiger charge is 2.27. The zero-order valence-electron chi connectivity index (χ0n) is 9.69. The van der Waals surface area contributed by atoms with Crippen LogP contribution in [0.3, 0.4) is 0 Å². The minimum atomic E-state index is -0.620. The standard InChI is InChI=1S/C11H16N4O2/c1-6(10(12)16)15-11(17)7-2-3-8-9(4-7)14-5-13-8/h5-7H,2-4H2,1H3,(H2,12,16)(H,13,14)(H,15,17). The van der Waals surface area contributed by atoms with Crippen LogP contribution in [0.15, 0.2) is 6.33 Å². The molecule has 0 bridgehead atoms. The first-order valence-electron chi connectivity index (χ1n) is 5.68. The molecule has 1 aromatic rings. The van der Waals surface area contributed by atoms with Crippen LogP contribution < -0.4 is 11.1 Å². The summed E-state index contributed by atoms with van der Waals surface area (Å²) >= 11 is 0. The van der Waals surface area contributed by atoms with E-state index in [-0.39, 0.29) is 11.8 Å². The maximum atomic E-state index is 11.9. The van der Waals surface area contributed by atoms with Crippen LogP contribution in [0.1, 0.15) is 24.7 Å². The maximum absolute atomic E-state index is 11.9. The number of aryl methyl sites for hydroxylation is 1. The van der Waals surface area contributed by atoms with Crippen molar-refractivity contribution < 1.29 is 9.59 Å². The van der Waals surface area contributed by atoms with Gasteiger partial charge in [0, 0.05) is 18.0 Å². The van der Waals surface area contributed by atoms with Crippen molar-refractivity contribution in [3.63, 3.8) is 0 Å². The van der Waals surface area contributed by atoms with E-state index in [0.29, 0.717) is 6.42 Å². The highest BCUT2D eigenvalue weighted by Crippen LogP contribution is 2.22. The number of rotatable bonds is 3. The molecule has 4 N–H and O–H groups in total. The van der Waals surface area contributed by atoms with Crippen LogP contribution in [0.25, 0.3) is 0 Å². The molecular formula is C11H16N4O2. The number of nitrogens with two attached hydrogens (primary N) is 1. The van der Waals surface area contributed by atoms with Gasteiger partial charge in [-0.3, -0.25) is 9.59 Å². The molecule has 2 amide bonds. The van der Waals surface area contributed by atoms with Crippen LogP contribution in [0.5, 0.6) is 0 Å². The Morgan fingerprint density at radius 3 is 3.12 bits per heavy atom. The summed E-state index contributed by atoms with van der Waals surface area (Å²) in [6.07, 6.45) is 3.85. The Hall–Kier alpha value is -1.85. The Balaban J connectivity index is 1.96. The predicted molar refractivity (Wildman–Crippen MR) is 60.9 cm³/mol. The number of nitrogens with one attached hydrogen (secondary N) is 2. The van der Waals surface area contributed by atoms with Gasteiger partial charge in [0.15, 0.2) is 0 Å². The fraction of sp³-hybridized carbons (Fsp3) is 0.545. The van der Waals surface area contributed by atoms with Gasteiger partial charge in [0.1, 0.15) is 6.04 Å². The van der Waals surface area contributed by atoms with Gasteiger partial charge in [-0.1, -0.05) is 0 Å². The zero-order chi connectivity index (χ0) is 12.4. The molecule has 92 valence electrons. The summed E-state index contributed by atoms with van der Waals surface area (Å²) in [6.45, 7) is 1.59. The average molecular weight is 236 g/mol. The lowest BCUT2D eigenvalue weighted by atomic mass is 9.89. The molecule has 2 unspecified atom stereocenters. The highest BCUT2D eigenvalue weighted by atomic mass is 16.2. The summed E-state index contributed by atoms with van der Waals surface area (Å²) < 4.78 is 0. The van der Waals surface area contributed by atoms with Gasteiger partial charge in [-0.25, -0.2) is 4.98 Å². The van der Waals surface area contributed by atoms with Gasteiger partial charge in [-0.05, 0) is 19.8 Å². The number of aromatic nitrogens is 2. The number of primary amides is 1. The topological polar surface area (TPSA) is 101 Å². The molecule has 2 rings (SSSR count). The zero-order valence-corrected chi connectivity index (χ0v) is 9.69. The monoisotopic (exact) mass is 236 g/mol. The lowest BCUT2D eigenvalue weighted by molar-refractivity contribution is -0.129. The summed E-state index contributed by atoms with van der Waals surface area (Å²) in [5.41, 5.74) is 7.16. The average Bonchev–Trinajstić information content (AvgIpc) is 2.75. The Morgan fingerprint density at radius 1 is 1.65 bits per heavy atom. The van der Waals surface area contributed by atoms with Crippen molar-refractivity contribution in [3.05, 3.63) is 17.7 Å². The fourth-order valence-corrected chi connectivity index (χ4v) is 2.03. The van der Waals surface area contributed by atoms with Gasteiger partial charge in [0.25, 0.3) is 0 Å². The molecule has 0 aromatic carbocycles. The molecule has 0 aliphatic heterocycles. The van der Waals surface area contributed by atoms with Gasteiger partial charge >= 0.3 is 0 Å². The van der Waals surface area contributed by atoms with E-state index in [9.17, 15) is 9.59 Å². The number of imidazole rings is 1. The van der Waals surface area contributed by atoms with E-state index < -0.39 is 11.9 Å². The summed E-state index contributed by atoms with van der Waals surface area (Å²) in [6, 6.07) is -0.620. The van der Waals surface area contributed by atoms with Crippen molar-refractivity contribution in [1.29, 1.82) is 0 Å². The Labute approximate surface area is 99.0 Å². The minimum Gasteiger partial charge on any atom is -0.368 e. The molecule has 0 radical (unpaired) electrons. The lowest BCUT2D eigenvalue weighted by Gasteiger charge is -2.22. The Kier molecular flexibility index (Phi) is 3.12. The van der Waals surface area contributed by atoms with Crippen molar-refractivity contribution in [1.82, 2.24) is 15.3 Å². The number of fused-ring (bicyclic) bond motifs is 1. The van der Waals surface area contributed by atoms with Crippen molar-refractivity contribution in [2.45, 2.75) is 32.2 Å². The summed E-state index contributed by atoms with van der Waals surface area (Å²) in [4.78, 5) is 30.0. The van der Waals surface area contributed by atoms with E-state index in [1.54, 1.807) is 13.3 Å². The number of amides is 2. The van der Waals surface area contributed by atoms with Gasteiger partial charge in [0.05, 0.1) is 12.0 Å². The van der Waals surface area contributed by atoms with E-state index in [1.807, 2.05) is 0 Å². The van der Waals surface area contributed by atoms with E-state index >= 15 is 0 Å². The molecule has 1 heterocycles. The van der Waals surface area contributed by atoms with Crippen LogP contribution in [0, 0.1) is 5.92 Å². The normalized spacial score (nSPS) is 20.4. The van der Waals surface area contributed by atoms with Crippen LogP contribution in [0.4, 0.5) is 0 Å². The summed E-state index contributed by atoms with van der Waals surface area (Å²) in [5, 5.41) is 2.62. The van der Waals surface area contributed by atoms with Gasteiger partial charge < -0.3 is 16.0 Å². The van der Waals surface area contributed by atoms with Crippen LogP contribution in [0.2, 0.25) is 0 Å². The summed E-state index contributed by atoms with van der Waals surface area (Å²) in [7, 11) is 0. The second-order valence-corrected chi connectivity index (χ2v) is 4.40. The number of hydrogen-bond donors (Lipinski definition) is 3. The third-order valence-corrected chi connectivity index (χ3v) is 3.14. The smallest absolute Gasteiger partial charge is 0.239 e. The van der Waals surface area contributed by atoms with Crippen molar-refractivity contribution in [2.75, 3.05) is 0 Å². The van der Waals surface area contributed by atoms with Crippen molar-refractivity contribution in [2.24, 2.45) is 11.7 Å². The summed E-state index contributed by atoms with van der Waals surface area (Å²) in [5.74, 6) is -0.738. The van der Waals surface area contributed by atoms with Crippen LogP contribution >= 0.6 is 0 Å². The fourth-order valence-electron chi connectivity index (χ4n) is 2.03. The van der Waals surface area contributed by atoms with E-state index in [1.165, 1.54) is 0 Å². The lowest BCUT2D eigenvalue weighted by Crippen LogP contribution is -2.45. The molecule has 0 saturated heterocycles. The Bertz CT molecular complexity index is 440. The Morgan fingerprint density at radius 2 is 2.41 bits per heavy atom. The molecule has 0 spiro atoms. The molecule has 1 aliphatic carbocycles. The molecule has 2 atom stereocenters. The van der Waals surface area contributed by atoms with E-state index in [4.69, 9.17) is 5.73 Å². The first kappa shape index (κ1) is 11.6. The first-order chi connectivity index (χ1) is 8.08. The van der Waals surface area contributed by atoms with Gasteiger partial charge in [0.2, 0.25) is 11.8 Å². The maximum Gasteiger partial charge on any atom is 0.239 e. The van der Waals surface area contributed by atoms with Gasteiger partial charge in [-0.15, -0.1) is 0 Å². The first-order valence-corrected chi connectivity index (χ1v) is 5.68. The number of H-pyrrole nitrogens is 1. The predicted octanol–water partition coefficient (Wildman–Crippen LogP) is -0.495. The number of carbonyl (C=O) groups is 2. The molecule has 0 fully saturated rings. The van der Waals surface area contributed by atoms with Crippen LogP contribution in [-0.4, -0.2) is 27.8 Å². The number of aromatic amines is 1. The molecule has 1 aromatic heterocycles. The molecular weight excluding hydrogens is 220 g/mol. The van der Waals surface area contributed by atoms with Crippen molar-refractivity contribution in [3.8, 4) is 0 Å². The van der Waals surface area contributed by atoms with E-state index in [2.05, 4.69) is 15.3 Å². The third kappa shape index (κ3) is 2.46. The molecule has 0 saturated carbocycles. The third-order valence-electron chi connectivity index (χ3n) is 3.14. The van der Waals surface area contributed by atoms with E-state index in [0.717, 1.165) is 24.2 Å². The number of nitrogens with zero attached hydrogens (tertiary/aromatic N) is 1. The number of carbonyl (C=O) groups excluding carboxylic acids is 2. The largest absolute Gasteiger partial charge is 0.368 e. The molecule has 1 aliphatic rings. The quantitative estimate of drug-likeness (QED) is 0.659. The minimum absolute atomic E-state index is 0.107. The number of hydrogen-bond acceptors (Lipinski definition) is 3. The SMILES string of the molecule is CC(NC(=O)C1CCc2nc[nH]c2C1)C(N)=O. The van der Waals surface area contributed by atoms with Crippen LogP contribution in [-0.2, 0) is 22.4 Å². The second kappa shape index (κ2) is 4.57. The van der Waals surface area contributed by atoms with Gasteiger partial charge in [-0.2, -0.15) is 0 Å². The molecule has 17 heavy (non-hydrogen) atoms. The molecule has 6 nitrogen and oxygen atoms in total. The second-order valence-electron chi connectivity index (χ2n) is 4.40. The highest BCUT2D eigenvalue weighted by molar-refractivity contribution is 5.87. The molecule has 6 heteroatoms.